The molecule has 2 amide bonds. The molecule has 2 rings (SSSR count). The Kier molecular flexibility index (Phi) is 9.48. The minimum absolute atomic E-state index is 0.0356. The SMILES string of the molecule is CCC(C)NC(=O)C(C)N(Cc1ccc(C)cc1)C(=O)CN(c1ccc(Br)cc1)S(C)(=O)=O. The molecule has 0 saturated heterocycles. The predicted octanol–water partition coefficient (Wildman–Crippen LogP) is 3.86. The van der Waals surface area contributed by atoms with Gasteiger partial charge in [0.1, 0.15) is 12.6 Å². The van der Waals surface area contributed by atoms with Crippen LogP contribution >= 0.6 is 15.9 Å². The number of rotatable bonds is 10. The number of carbonyl (C=O) groups excluding carboxylic acids is 2. The zero-order valence-corrected chi connectivity index (χ0v) is 22.1. The average Bonchev–Trinajstić information content (AvgIpc) is 2.76. The monoisotopic (exact) mass is 537 g/mol. The summed E-state index contributed by atoms with van der Waals surface area (Å²) in [5.41, 5.74) is 2.31. The maximum atomic E-state index is 13.4. The van der Waals surface area contributed by atoms with Gasteiger partial charge in [0.05, 0.1) is 11.9 Å². The number of hydrogen-bond donors (Lipinski definition) is 1. The first-order chi connectivity index (χ1) is 15.4. The van der Waals surface area contributed by atoms with E-state index in [1.165, 1.54) is 4.90 Å². The van der Waals surface area contributed by atoms with Gasteiger partial charge in [-0.1, -0.05) is 52.7 Å². The maximum absolute atomic E-state index is 13.4. The van der Waals surface area contributed by atoms with Gasteiger partial charge >= 0.3 is 0 Å². The molecule has 180 valence electrons. The number of sulfonamides is 1. The van der Waals surface area contributed by atoms with Gasteiger partial charge in [0, 0.05) is 17.1 Å². The quantitative estimate of drug-likeness (QED) is 0.498. The first kappa shape index (κ1) is 26.9. The van der Waals surface area contributed by atoms with Crippen LogP contribution in [0.25, 0.3) is 0 Å². The number of halogens is 1. The van der Waals surface area contributed by atoms with Crippen LogP contribution in [0.5, 0.6) is 0 Å². The van der Waals surface area contributed by atoms with E-state index in [-0.39, 0.29) is 18.5 Å². The van der Waals surface area contributed by atoms with Crippen molar-refractivity contribution in [1.29, 1.82) is 0 Å². The van der Waals surface area contributed by atoms with Crippen molar-refractivity contribution in [2.45, 2.75) is 52.7 Å². The fourth-order valence-electron chi connectivity index (χ4n) is 3.16. The van der Waals surface area contributed by atoms with Crippen LogP contribution in [-0.2, 0) is 26.2 Å². The van der Waals surface area contributed by atoms with Crippen LogP contribution in [0.1, 0.15) is 38.3 Å². The molecular weight excluding hydrogens is 506 g/mol. The second kappa shape index (κ2) is 11.7. The molecule has 33 heavy (non-hydrogen) atoms. The number of benzene rings is 2. The van der Waals surface area contributed by atoms with Crippen molar-refractivity contribution in [1.82, 2.24) is 10.2 Å². The Bertz CT molecular complexity index is 1060. The van der Waals surface area contributed by atoms with Gasteiger partial charge in [0.15, 0.2) is 0 Å². The van der Waals surface area contributed by atoms with Gasteiger partial charge in [-0.15, -0.1) is 0 Å². The fraction of sp³-hybridized carbons (Fsp3) is 0.417. The summed E-state index contributed by atoms with van der Waals surface area (Å²) in [7, 11) is -3.74. The van der Waals surface area contributed by atoms with Crippen LogP contribution in [0.4, 0.5) is 5.69 Å². The third-order valence-electron chi connectivity index (χ3n) is 5.44. The minimum Gasteiger partial charge on any atom is -0.352 e. The van der Waals surface area contributed by atoms with Gasteiger partial charge in [-0.25, -0.2) is 8.42 Å². The third-order valence-corrected chi connectivity index (χ3v) is 7.10. The van der Waals surface area contributed by atoms with Crippen LogP contribution in [0.15, 0.2) is 53.0 Å². The van der Waals surface area contributed by atoms with Crippen molar-refractivity contribution in [3.8, 4) is 0 Å². The Labute approximate surface area is 205 Å². The Morgan fingerprint density at radius 3 is 2.12 bits per heavy atom. The van der Waals surface area contributed by atoms with Crippen molar-refractivity contribution in [3.05, 3.63) is 64.1 Å². The summed E-state index contributed by atoms with van der Waals surface area (Å²) in [6.45, 7) is 7.27. The molecule has 0 spiro atoms. The fourth-order valence-corrected chi connectivity index (χ4v) is 4.27. The lowest BCUT2D eigenvalue weighted by molar-refractivity contribution is -0.139. The zero-order valence-electron chi connectivity index (χ0n) is 19.7. The van der Waals surface area contributed by atoms with Gasteiger partial charge in [0.25, 0.3) is 0 Å². The molecule has 0 bridgehead atoms. The molecule has 2 aromatic rings. The number of carbonyl (C=O) groups is 2. The van der Waals surface area contributed by atoms with Crippen LogP contribution in [0.2, 0.25) is 0 Å². The van der Waals surface area contributed by atoms with Gasteiger partial charge in [-0.2, -0.15) is 0 Å². The lowest BCUT2D eigenvalue weighted by Crippen LogP contribution is -2.52. The number of nitrogens with zero attached hydrogens (tertiary/aromatic N) is 2. The molecule has 7 nitrogen and oxygen atoms in total. The van der Waals surface area contributed by atoms with Gasteiger partial charge in [-0.3, -0.25) is 13.9 Å². The van der Waals surface area contributed by atoms with Crippen LogP contribution in [-0.4, -0.2) is 50.0 Å². The maximum Gasteiger partial charge on any atom is 0.244 e. The molecule has 0 saturated carbocycles. The summed E-state index contributed by atoms with van der Waals surface area (Å²) in [4.78, 5) is 27.7. The summed E-state index contributed by atoms with van der Waals surface area (Å²) in [5.74, 6) is -0.741. The van der Waals surface area contributed by atoms with Gasteiger partial charge < -0.3 is 10.2 Å². The highest BCUT2D eigenvalue weighted by Gasteiger charge is 2.30. The molecule has 1 N–H and O–H groups in total. The van der Waals surface area contributed by atoms with Crippen LogP contribution < -0.4 is 9.62 Å². The number of anilines is 1. The first-order valence-corrected chi connectivity index (χ1v) is 13.4. The number of nitrogens with one attached hydrogen (secondary N) is 1. The molecule has 0 aromatic heterocycles. The largest absolute Gasteiger partial charge is 0.352 e. The molecule has 0 radical (unpaired) electrons. The highest BCUT2D eigenvalue weighted by atomic mass is 79.9. The topological polar surface area (TPSA) is 86.8 Å². The molecule has 2 aromatic carbocycles. The summed E-state index contributed by atoms with van der Waals surface area (Å²) in [5, 5.41) is 2.91. The molecule has 2 unspecified atom stereocenters. The lowest BCUT2D eigenvalue weighted by Gasteiger charge is -2.32. The summed E-state index contributed by atoms with van der Waals surface area (Å²) < 4.78 is 26.9. The molecule has 0 aliphatic heterocycles. The van der Waals surface area contributed by atoms with E-state index < -0.39 is 28.5 Å². The molecule has 0 aliphatic carbocycles. The second-order valence-electron chi connectivity index (χ2n) is 8.25. The average molecular weight is 539 g/mol. The van der Waals surface area contributed by atoms with Crippen molar-refractivity contribution in [2.75, 3.05) is 17.1 Å². The van der Waals surface area contributed by atoms with Crippen molar-refractivity contribution >= 4 is 43.5 Å². The summed E-state index contributed by atoms with van der Waals surface area (Å²) >= 11 is 3.33. The molecule has 0 fully saturated rings. The second-order valence-corrected chi connectivity index (χ2v) is 11.1. The highest BCUT2D eigenvalue weighted by Crippen LogP contribution is 2.21. The van der Waals surface area contributed by atoms with E-state index >= 15 is 0 Å². The Hall–Kier alpha value is -2.39. The molecule has 0 aliphatic rings. The molecule has 9 heteroatoms. The van der Waals surface area contributed by atoms with E-state index in [0.29, 0.717) is 5.69 Å². The Balaban J connectivity index is 2.36. The zero-order chi connectivity index (χ0) is 24.8. The van der Waals surface area contributed by atoms with Crippen molar-refractivity contribution in [3.63, 3.8) is 0 Å². The van der Waals surface area contributed by atoms with Gasteiger partial charge in [0.2, 0.25) is 21.8 Å². The predicted molar refractivity (Wildman–Crippen MR) is 135 cm³/mol. The standard InChI is InChI=1S/C24H32BrN3O4S/c1-6-18(3)26-24(30)19(4)27(15-20-9-7-17(2)8-10-20)23(29)16-28(33(5,31)32)22-13-11-21(25)12-14-22/h7-14,18-19H,6,15-16H2,1-5H3,(H,26,30). The van der Waals surface area contributed by atoms with E-state index in [1.54, 1.807) is 31.2 Å². The Morgan fingerprint density at radius 1 is 1.03 bits per heavy atom. The third kappa shape index (κ3) is 7.85. The summed E-state index contributed by atoms with van der Waals surface area (Å²) in [6.07, 6.45) is 1.82. The lowest BCUT2D eigenvalue weighted by atomic mass is 10.1. The van der Waals surface area contributed by atoms with Crippen LogP contribution in [0.3, 0.4) is 0 Å². The highest BCUT2D eigenvalue weighted by molar-refractivity contribution is 9.10. The Morgan fingerprint density at radius 2 is 1.61 bits per heavy atom. The molecule has 2 atom stereocenters. The van der Waals surface area contributed by atoms with Gasteiger partial charge in [-0.05, 0) is 57.0 Å². The van der Waals surface area contributed by atoms with Crippen molar-refractivity contribution < 1.29 is 18.0 Å². The first-order valence-electron chi connectivity index (χ1n) is 10.8. The smallest absolute Gasteiger partial charge is 0.244 e. The van der Waals surface area contributed by atoms with E-state index in [0.717, 1.165) is 32.6 Å². The van der Waals surface area contributed by atoms with Crippen LogP contribution in [0, 0.1) is 6.92 Å². The number of aryl methyl sites for hydroxylation is 1. The number of amides is 2. The normalized spacial score (nSPS) is 13.2. The van der Waals surface area contributed by atoms with E-state index in [2.05, 4.69) is 21.2 Å². The number of hydrogen-bond acceptors (Lipinski definition) is 4. The summed E-state index contributed by atoms with van der Waals surface area (Å²) in [6, 6.07) is 13.5. The van der Waals surface area contributed by atoms with E-state index in [1.807, 2.05) is 45.0 Å². The minimum atomic E-state index is -3.74. The van der Waals surface area contributed by atoms with E-state index in [4.69, 9.17) is 0 Å². The van der Waals surface area contributed by atoms with Crippen molar-refractivity contribution in [2.24, 2.45) is 0 Å². The molecular formula is C24H32BrN3O4S. The van der Waals surface area contributed by atoms with E-state index in [9.17, 15) is 18.0 Å². The molecule has 0 heterocycles.